The van der Waals surface area contributed by atoms with Crippen molar-refractivity contribution in [3.05, 3.63) is 47.0 Å². The van der Waals surface area contributed by atoms with E-state index in [1.807, 2.05) is 6.92 Å². The largest absolute Gasteiger partial charge is 0.497 e. The molecule has 142 valence electrons. The van der Waals surface area contributed by atoms with E-state index in [-0.39, 0.29) is 11.8 Å². The number of carbonyl (C=O) groups is 2. The summed E-state index contributed by atoms with van der Waals surface area (Å²) in [4.78, 5) is 25.6. The Kier molecular flexibility index (Phi) is 5.28. The molecule has 0 spiro atoms. The first kappa shape index (κ1) is 19.0. The summed E-state index contributed by atoms with van der Waals surface area (Å²) in [6.07, 6.45) is 0.978. The van der Waals surface area contributed by atoms with E-state index < -0.39 is 5.41 Å². The van der Waals surface area contributed by atoms with Crippen LogP contribution < -0.4 is 20.1 Å². The van der Waals surface area contributed by atoms with Crippen molar-refractivity contribution in [2.75, 3.05) is 24.9 Å². The molecule has 2 N–H and O–H groups in total. The van der Waals surface area contributed by atoms with Crippen molar-refractivity contribution < 1.29 is 19.1 Å². The third-order valence-electron chi connectivity index (χ3n) is 4.79. The van der Waals surface area contributed by atoms with Gasteiger partial charge in [0, 0.05) is 16.8 Å². The number of amides is 2. The number of nitrogens with one attached hydrogen (secondary N) is 2. The van der Waals surface area contributed by atoms with Crippen LogP contribution in [-0.2, 0) is 9.59 Å². The van der Waals surface area contributed by atoms with Crippen molar-refractivity contribution in [1.29, 1.82) is 0 Å². The number of ether oxygens (including phenoxy) is 2. The number of methoxy groups -OCH3 is 2. The van der Waals surface area contributed by atoms with Gasteiger partial charge in [0.1, 0.15) is 16.9 Å². The van der Waals surface area contributed by atoms with E-state index >= 15 is 0 Å². The molecule has 0 aliphatic heterocycles. The SMILES string of the molecule is COc1ccc(NC(=O)C2(C(=O)Nc3cccc(Cl)c3C)CC2)c(OC)c1. The van der Waals surface area contributed by atoms with E-state index in [0.717, 1.165) is 5.56 Å². The van der Waals surface area contributed by atoms with E-state index in [1.54, 1.807) is 43.5 Å². The van der Waals surface area contributed by atoms with Gasteiger partial charge < -0.3 is 20.1 Å². The number of halogens is 1. The first-order valence-electron chi connectivity index (χ1n) is 8.51. The molecule has 0 bridgehead atoms. The lowest BCUT2D eigenvalue weighted by molar-refractivity contribution is -0.131. The summed E-state index contributed by atoms with van der Waals surface area (Å²) in [6, 6.07) is 10.3. The summed E-state index contributed by atoms with van der Waals surface area (Å²) in [5.74, 6) is 0.380. The summed E-state index contributed by atoms with van der Waals surface area (Å²) in [5, 5.41) is 6.19. The van der Waals surface area contributed by atoms with Crippen LogP contribution in [0.15, 0.2) is 36.4 Å². The Morgan fingerprint density at radius 1 is 1.00 bits per heavy atom. The molecule has 1 saturated carbocycles. The van der Waals surface area contributed by atoms with Crippen LogP contribution in [0.5, 0.6) is 11.5 Å². The van der Waals surface area contributed by atoms with Crippen LogP contribution in [0.4, 0.5) is 11.4 Å². The number of hydrogen-bond acceptors (Lipinski definition) is 4. The van der Waals surface area contributed by atoms with Crippen molar-refractivity contribution in [1.82, 2.24) is 0 Å². The average molecular weight is 389 g/mol. The van der Waals surface area contributed by atoms with Gasteiger partial charge in [-0.3, -0.25) is 9.59 Å². The second-order valence-electron chi connectivity index (χ2n) is 6.47. The van der Waals surface area contributed by atoms with Crippen molar-refractivity contribution in [2.45, 2.75) is 19.8 Å². The summed E-state index contributed by atoms with van der Waals surface area (Å²) >= 11 is 6.10. The third kappa shape index (κ3) is 3.71. The molecule has 0 radical (unpaired) electrons. The van der Waals surface area contributed by atoms with Crippen LogP contribution >= 0.6 is 11.6 Å². The quantitative estimate of drug-likeness (QED) is 0.732. The van der Waals surface area contributed by atoms with Crippen molar-refractivity contribution in [3.63, 3.8) is 0 Å². The number of rotatable bonds is 6. The maximum Gasteiger partial charge on any atom is 0.240 e. The minimum absolute atomic E-state index is 0.335. The molecule has 0 saturated heterocycles. The molecule has 0 aromatic heterocycles. The fourth-order valence-corrected chi connectivity index (χ4v) is 2.99. The normalized spacial score (nSPS) is 14.2. The van der Waals surface area contributed by atoms with Crippen LogP contribution in [-0.4, -0.2) is 26.0 Å². The predicted molar refractivity (Wildman–Crippen MR) is 105 cm³/mol. The Bertz CT molecular complexity index is 894. The summed E-state index contributed by atoms with van der Waals surface area (Å²) < 4.78 is 10.5. The molecule has 0 atom stereocenters. The van der Waals surface area contributed by atoms with Crippen LogP contribution in [0, 0.1) is 12.3 Å². The van der Waals surface area contributed by atoms with Gasteiger partial charge >= 0.3 is 0 Å². The van der Waals surface area contributed by atoms with E-state index in [9.17, 15) is 9.59 Å². The number of anilines is 2. The molecule has 3 rings (SSSR count). The Labute approximate surface area is 162 Å². The molecule has 27 heavy (non-hydrogen) atoms. The van der Waals surface area contributed by atoms with Crippen LogP contribution in [0.25, 0.3) is 0 Å². The van der Waals surface area contributed by atoms with Gasteiger partial charge in [-0.15, -0.1) is 0 Å². The maximum atomic E-state index is 12.8. The second-order valence-corrected chi connectivity index (χ2v) is 6.88. The van der Waals surface area contributed by atoms with Gasteiger partial charge in [0.15, 0.2) is 0 Å². The monoisotopic (exact) mass is 388 g/mol. The summed E-state index contributed by atoms with van der Waals surface area (Å²) in [7, 11) is 3.06. The molecular weight excluding hydrogens is 368 g/mol. The maximum absolute atomic E-state index is 12.8. The Balaban J connectivity index is 1.76. The fraction of sp³-hybridized carbons (Fsp3) is 0.300. The number of carbonyl (C=O) groups excluding carboxylic acids is 2. The Morgan fingerprint density at radius 3 is 2.26 bits per heavy atom. The lowest BCUT2D eigenvalue weighted by atomic mass is 10.0. The zero-order valence-electron chi connectivity index (χ0n) is 15.4. The standard InChI is InChI=1S/C20H21ClN2O4/c1-12-14(21)5-4-6-15(12)22-18(24)20(9-10-20)19(25)23-16-8-7-13(26-2)11-17(16)27-3/h4-8,11H,9-10H2,1-3H3,(H,22,24)(H,23,25). The zero-order chi connectivity index (χ0) is 19.6. The van der Waals surface area contributed by atoms with Crippen LogP contribution in [0.2, 0.25) is 5.02 Å². The predicted octanol–water partition coefficient (Wildman–Crippen LogP) is 4.02. The first-order chi connectivity index (χ1) is 12.9. The van der Waals surface area contributed by atoms with Gasteiger partial charge in [0.2, 0.25) is 11.8 Å². The molecule has 2 aromatic rings. The molecule has 2 aromatic carbocycles. The van der Waals surface area contributed by atoms with Gasteiger partial charge in [-0.1, -0.05) is 17.7 Å². The molecule has 1 aliphatic rings. The van der Waals surface area contributed by atoms with Gasteiger partial charge in [0.05, 0.1) is 19.9 Å². The fourth-order valence-electron chi connectivity index (χ4n) is 2.81. The minimum atomic E-state index is -1.08. The van der Waals surface area contributed by atoms with E-state index in [2.05, 4.69) is 10.6 Å². The van der Waals surface area contributed by atoms with Gasteiger partial charge in [0.25, 0.3) is 0 Å². The molecule has 7 heteroatoms. The molecule has 6 nitrogen and oxygen atoms in total. The lowest BCUT2D eigenvalue weighted by Gasteiger charge is -2.18. The zero-order valence-corrected chi connectivity index (χ0v) is 16.1. The molecule has 1 fully saturated rings. The third-order valence-corrected chi connectivity index (χ3v) is 5.20. The van der Waals surface area contributed by atoms with Gasteiger partial charge in [-0.2, -0.15) is 0 Å². The van der Waals surface area contributed by atoms with E-state index in [0.29, 0.717) is 40.7 Å². The van der Waals surface area contributed by atoms with Crippen molar-refractivity contribution >= 4 is 34.8 Å². The highest BCUT2D eigenvalue weighted by molar-refractivity contribution is 6.31. The van der Waals surface area contributed by atoms with Crippen LogP contribution in [0.1, 0.15) is 18.4 Å². The van der Waals surface area contributed by atoms with Crippen molar-refractivity contribution in [3.8, 4) is 11.5 Å². The molecule has 0 heterocycles. The highest BCUT2D eigenvalue weighted by atomic mass is 35.5. The molecule has 0 unspecified atom stereocenters. The lowest BCUT2D eigenvalue weighted by Crippen LogP contribution is -2.35. The molecule has 2 amide bonds. The highest BCUT2D eigenvalue weighted by Crippen LogP contribution is 2.48. The number of hydrogen-bond donors (Lipinski definition) is 2. The average Bonchev–Trinajstić information content (AvgIpc) is 3.48. The Hall–Kier alpha value is -2.73. The van der Waals surface area contributed by atoms with Gasteiger partial charge in [-0.25, -0.2) is 0 Å². The minimum Gasteiger partial charge on any atom is -0.497 e. The van der Waals surface area contributed by atoms with Crippen molar-refractivity contribution in [2.24, 2.45) is 5.41 Å². The Morgan fingerprint density at radius 2 is 1.67 bits per heavy atom. The second kappa shape index (κ2) is 7.48. The molecule has 1 aliphatic carbocycles. The number of benzene rings is 2. The summed E-state index contributed by atoms with van der Waals surface area (Å²) in [6.45, 7) is 1.82. The van der Waals surface area contributed by atoms with Crippen LogP contribution in [0.3, 0.4) is 0 Å². The smallest absolute Gasteiger partial charge is 0.240 e. The van der Waals surface area contributed by atoms with E-state index in [4.69, 9.17) is 21.1 Å². The summed E-state index contributed by atoms with van der Waals surface area (Å²) in [5.41, 5.74) is 0.773. The topological polar surface area (TPSA) is 76.7 Å². The van der Waals surface area contributed by atoms with Gasteiger partial charge in [-0.05, 0) is 49.6 Å². The highest BCUT2D eigenvalue weighted by Gasteiger charge is 2.56. The first-order valence-corrected chi connectivity index (χ1v) is 8.89. The van der Waals surface area contributed by atoms with E-state index in [1.165, 1.54) is 7.11 Å². The molecular formula is C20H21ClN2O4.